The molecular formula is C16H19F3N2O3. The van der Waals surface area contributed by atoms with Crippen molar-refractivity contribution in [1.29, 1.82) is 0 Å². The van der Waals surface area contributed by atoms with Crippen LogP contribution in [0.3, 0.4) is 0 Å². The molecule has 1 aliphatic heterocycles. The van der Waals surface area contributed by atoms with E-state index in [0.29, 0.717) is 13.1 Å². The summed E-state index contributed by atoms with van der Waals surface area (Å²) >= 11 is 0. The number of amides is 2. The Labute approximate surface area is 137 Å². The lowest BCUT2D eigenvalue weighted by Crippen LogP contribution is -2.65. The average Bonchev–Trinajstić information content (AvgIpc) is 2.49. The third-order valence-corrected chi connectivity index (χ3v) is 3.96. The van der Waals surface area contributed by atoms with Crippen molar-refractivity contribution in [3.63, 3.8) is 0 Å². The van der Waals surface area contributed by atoms with Crippen LogP contribution in [0.2, 0.25) is 0 Å². The van der Waals surface area contributed by atoms with Gasteiger partial charge >= 0.3 is 6.18 Å². The van der Waals surface area contributed by atoms with Crippen LogP contribution < -0.4 is 10.1 Å². The molecule has 2 rings (SSSR count). The molecule has 132 valence electrons. The van der Waals surface area contributed by atoms with Crippen LogP contribution in [0.5, 0.6) is 5.75 Å². The SMILES string of the molecule is C[C@@H](Oc1ccc(C(F)(F)F)cc1)C(=O)N1CCNC(=O)C1(C)C. The Morgan fingerprint density at radius 1 is 1.29 bits per heavy atom. The number of hydrogen-bond donors (Lipinski definition) is 1. The first-order valence-corrected chi connectivity index (χ1v) is 7.47. The highest BCUT2D eigenvalue weighted by molar-refractivity contribution is 5.93. The van der Waals surface area contributed by atoms with Crippen LogP contribution in [0.4, 0.5) is 13.2 Å². The average molecular weight is 344 g/mol. The van der Waals surface area contributed by atoms with Crippen molar-refractivity contribution in [3.8, 4) is 5.75 Å². The predicted octanol–water partition coefficient (Wildman–Crippen LogP) is 2.21. The van der Waals surface area contributed by atoms with Crippen molar-refractivity contribution in [3.05, 3.63) is 29.8 Å². The van der Waals surface area contributed by atoms with E-state index < -0.39 is 29.3 Å². The molecule has 1 aromatic carbocycles. The molecule has 0 aromatic heterocycles. The van der Waals surface area contributed by atoms with E-state index in [2.05, 4.69) is 5.32 Å². The van der Waals surface area contributed by atoms with E-state index in [1.165, 1.54) is 24.0 Å². The summed E-state index contributed by atoms with van der Waals surface area (Å²) < 4.78 is 43.0. The maximum absolute atomic E-state index is 12.5. The molecule has 1 saturated heterocycles. The minimum Gasteiger partial charge on any atom is -0.481 e. The highest BCUT2D eigenvalue weighted by Gasteiger charge is 2.42. The topological polar surface area (TPSA) is 58.6 Å². The van der Waals surface area contributed by atoms with Crippen LogP contribution >= 0.6 is 0 Å². The van der Waals surface area contributed by atoms with Crippen molar-refractivity contribution < 1.29 is 27.5 Å². The van der Waals surface area contributed by atoms with Gasteiger partial charge in [0.15, 0.2) is 6.10 Å². The summed E-state index contributed by atoms with van der Waals surface area (Å²) in [6.45, 7) is 5.45. The number of carbonyl (C=O) groups excluding carboxylic acids is 2. The minimum absolute atomic E-state index is 0.156. The van der Waals surface area contributed by atoms with Gasteiger partial charge in [-0.25, -0.2) is 0 Å². The molecule has 0 unspecified atom stereocenters. The first-order valence-electron chi connectivity index (χ1n) is 7.47. The standard InChI is InChI=1S/C16H19F3N2O3/c1-10(13(22)21-9-8-20-14(23)15(21,2)3)24-12-6-4-11(5-7-12)16(17,18)19/h4-7,10H,8-9H2,1-3H3,(H,20,23)/t10-/m1/s1. The van der Waals surface area contributed by atoms with Gasteiger partial charge in [0.25, 0.3) is 5.91 Å². The van der Waals surface area contributed by atoms with E-state index in [1.807, 2.05) is 0 Å². The van der Waals surface area contributed by atoms with Crippen LogP contribution in [-0.4, -0.2) is 41.4 Å². The number of ether oxygens (including phenoxy) is 1. The first-order chi connectivity index (χ1) is 11.0. The number of carbonyl (C=O) groups is 2. The van der Waals surface area contributed by atoms with Crippen LogP contribution in [0.15, 0.2) is 24.3 Å². The molecule has 1 heterocycles. The van der Waals surface area contributed by atoms with E-state index >= 15 is 0 Å². The van der Waals surface area contributed by atoms with Gasteiger partial charge in [0.1, 0.15) is 11.3 Å². The second-order valence-corrected chi connectivity index (χ2v) is 6.09. The zero-order chi connectivity index (χ0) is 18.1. The fraction of sp³-hybridized carbons (Fsp3) is 0.500. The number of alkyl halides is 3. The quantitative estimate of drug-likeness (QED) is 0.915. The van der Waals surface area contributed by atoms with Gasteiger partial charge in [0.2, 0.25) is 5.91 Å². The van der Waals surface area contributed by atoms with E-state index in [9.17, 15) is 22.8 Å². The Balaban J connectivity index is 2.07. The Hall–Kier alpha value is -2.25. The molecule has 0 spiro atoms. The van der Waals surface area contributed by atoms with E-state index in [1.54, 1.807) is 13.8 Å². The molecule has 1 atom stereocenters. The van der Waals surface area contributed by atoms with Crippen LogP contribution in [0.25, 0.3) is 0 Å². The Morgan fingerprint density at radius 2 is 1.88 bits per heavy atom. The van der Waals surface area contributed by atoms with Crippen molar-refractivity contribution in [2.45, 2.75) is 38.6 Å². The van der Waals surface area contributed by atoms with Crippen molar-refractivity contribution in [2.24, 2.45) is 0 Å². The molecular weight excluding hydrogens is 325 g/mol. The fourth-order valence-electron chi connectivity index (χ4n) is 2.48. The lowest BCUT2D eigenvalue weighted by atomic mass is 9.98. The summed E-state index contributed by atoms with van der Waals surface area (Å²) in [4.78, 5) is 25.8. The highest BCUT2D eigenvalue weighted by atomic mass is 19.4. The van der Waals surface area contributed by atoms with Gasteiger partial charge in [-0.3, -0.25) is 9.59 Å². The third-order valence-electron chi connectivity index (χ3n) is 3.96. The van der Waals surface area contributed by atoms with Gasteiger partial charge in [0.05, 0.1) is 5.56 Å². The molecule has 0 bridgehead atoms. The largest absolute Gasteiger partial charge is 0.481 e. The van der Waals surface area contributed by atoms with E-state index in [-0.39, 0.29) is 11.7 Å². The Bertz CT molecular complexity index is 626. The summed E-state index contributed by atoms with van der Waals surface area (Å²) in [6, 6.07) is 4.12. The number of nitrogens with zero attached hydrogens (tertiary/aromatic N) is 1. The number of nitrogens with one attached hydrogen (secondary N) is 1. The zero-order valence-electron chi connectivity index (χ0n) is 13.6. The minimum atomic E-state index is -4.43. The molecule has 5 nitrogen and oxygen atoms in total. The summed E-state index contributed by atoms with van der Waals surface area (Å²) in [5.41, 5.74) is -1.80. The summed E-state index contributed by atoms with van der Waals surface area (Å²) in [7, 11) is 0. The Morgan fingerprint density at radius 3 is 2.42 bits per heavy atom. The first kappa shape index (κ1) is 18.1. The summed E-state index contributed by atoms with van der Waals surface area (Å²) in [5, 5.41) is 2.69. The second kappa shape index (κ2) is 6.33. The van der Waals surface area contributed by atoms with Gasteiger partial charge in [-0.1, -0.05) is 0 Å². The number of benzene rings is 1. The van der Waals surface area contributed by atoms with Crippen molar-refractivity contribution in [2.75, 3.05) is 13.1 Å². The van der Waals surface area contributed by atoms with Crippen molar-refractivity contribution in [1.82, 2.24) is 10.2 Å². The molecule has 0 saturated carbocycles. The number of halogens is 3. The van der Waals surface area contributed by atoms with Crippen molar-refractivity contribution >= 4 is 11.8 Å². The molecule has 2 amide bonds. The zero-order valence-corrected chi connectivity index (χ0v) is 13.6. The second-order valence-electron chi connectivity index (χ2n) is 6.09. The molecule has 1 N–H and O–H groups in total. The summed E-state index contributed by atoms with van der Waals surface area (Å²) in [6.07, 6.45) is -5.35. The van der Waals surface area contributed by atoms with Gasteiger partial charge in [-0.15, -0.1) is 0 Å². The van der Waals surface area contributed by atoms with Gasteiger partial charge < -0.3 is 15.0 Å². The van der Waals surface area contributed by atoms with Gasteiger partial charge in [0, 0.05) is 13.1 Å². The van der Waals surface area contributed by atoms with E-state index in [4.69, 9.17) is 4.74 Å². The number of rotatable bonds is 3. The lowest BCUT2D eigenvalue weighted by molar-refractivity contribution is -0.153. The normalized spacial score (nSPS) is 18.8. The number of piperazine rings is 1. The number of hydrogen-bond acceptors (Lipinski definition) is 3. The molecule has 0 aliphatic carbocycles. The van der Waals surface area contributed by atoms with Crippen LogP contribution in [-0.2, 0) is 15.8 Å². The maximum Gasteiger partial charge on any atom is 0.416 e. The maximum atomic E-state index is 12.5. The molecule has 24 heavy (non-hydrogen) atoms. The highest BCUT2D eigenvalue weighted by Crippen LogP contribution is 2.30. The smallest absolute Gasteiger partial charge is 0.416 e. The molecule has 0 radical (unpaired) electrons. The summed E-state index contributed by atoms with van der Waals surface area (Å²) in [5.74, 6) is -0.498. The monoisotopic (exact) mass is 344 g/mol. The van der Waals surface area contributed by atoms with Crippen LogP contribution in [0, 0.1) is 0 Å². The Kier molecular flexibility index (Phi) is 4.77. The molecule has 1 aliphatic rings. The molecule has 1 fully saturated rings. The van der Waals surface area contributed by atoms with Gasteiger partial charge in [-0.05, 0) is 45.0 Å². The van der Waals surface area contributed by atoms with E-state index in [0.717, 1.165) is 12.1 Å². The van der Waals surface area contributed by atoms with Crippen LogP contribution in [0.1, 0.15) is 26.3 Å². The lowest BCUT2D eigenvalue weighted by Gasteiger charge is -2.42. The molecule has 8 heteroatoms. The predicted molar refractivity (Wildman–Crippen MR) is 80.3 cm³/mol. The van der Waals surface area contributed by atoms with Gasteiger partial charge in [-0.2, -0.15) is 13.2 Å². The fourth-order valence-corrected chi connectivity index (χ4v) is 2.48. The molecule has 1 aromatic rings. The third kappa shape index (κ3) is 3.63.